The second kappa shape index (κ2) is 3.85. The molecule has 1 aromatic heterocycles. The van der Waals surface area contributed by atoms with Gasteiger partial charge >= 0.3 is 0 Å². The molecule has 0 saturated heterocycles. The molecule has 0 unspecified atom stereocenters. The highest BCUT2D eigenvalue weighted by Gasteiger charge is 1.94. The highest BCUT2D eigenvalue weighted by atomic mass is 16.1. The Morgan fingerprint density at radius 1 is 1.62 bits per heavy atom. The third-order valence-corrected chi connectivity index (χ3v) is 1.70. The summed E-state index contributed by atoms with van der Waals surface area (Å²) in [5, 5.41) is 0.979. The summed E-state index contributed by atoms with van der Waals surface area (Å²) in [6.45, 7) is 9.14. The zero-order valence-corrected chi connectivity index (χ0v) is 7.63. The third kappa shape index (κ3) is 1.93. The molecular formula is C10H12N2O. The maximum atomic E-state index is 11.4. The molecule has 0 spiro atoms. The normalized spacial score (nSPS) is 11.6. The van der Waals surface area contributed by atoms with Gasteiger partial charge in [-0.05, 0) is 6.08 Å². The van der Waals surface area contributed by atoms with Crippen molar-refractivity contribution in [1.29, 1.82) is 0 Å². The maximum absolute atomic E-state index is 11.4. The number of hydrogen-bond donors (Lipinski definition) is 1. The van der Waals surface area contributed by atoms with Gasteiger partial charge in [0, 0.05) is 6.42 Å². The Kier molecular flexibility index (Phi) is 2.80. The summed E-state index contributed by atoms with van der Waals surface area (Å²) in [6, 6.07) is 0. The highest BCUT2D eigenvalue weighted by Crippen LogP contribution is 1.77. The van der Waals surface area contributed by atoms with E-state index in [1.54, 1.807) is 12.2 Å². The minimum Gasteiger partial charge on any atom is -0.310 e. The quantitative estimate of drug-likeness (QED) is 0.673. The van der Waals surface area contributed by atoms with Crippen molar-refractivity contribution >= 4 is 12.7 Å². The molecule has 0 aliphatic heterocycles. The molecular weight excluding hydrogens is 164 g/mol. The second-order valence-electron chi connectivity index (χ2n) is 2.63. The number of aromatic nitrogens is 2. The molecule has 0 aliphatic carbocycles. The van der Waals surface area contributed by atoms with Crippen molar-refractivity contribution in [1.82, 2.24) is 9.97 Å². The van der Waals surface area contributed by atoms with Crippen molar-refractivity contribution in [2.45, 2.75) is 13.3 Å². The summed E-state index contributed by atoms with van der Waals surface area (Å²) in [5.74, 6) is 0.663. The first kappa shape index (κ1) is 9.45. The van der Waals surface area contributed by atoms with Gasteiger partial charge in [-0.1, -0.05) is 26.2 Å². The average molecular weight is 176 g/mol. The van der Waals surface area contributed by atoms with E-state index < -0.39 is 0 Å². The standard InChI is InChI=1S/C10H12N2O/c1-4-6-8-7(3)11-9(5-2)12-10(8)13/h4,6H,1,3,5H2,2H3,(H,11,12,13)/b8-6+. The minimum absolute atomic E-state index is 0.156. The van der Waals surface area contributed by atoms with Gasteiger partial charge in [0.1, 0.15) is 5.82 Å². The Balaban J connectivity index is 3.60. The number of H-pyrrole nitrogens is 1. The van der Waals surface area contributed by atoms with Gasteiger partial charge in [0.25, 0.3) is 5.56 Å². The first-order valence-corrected chi connectivity index (χ1v) is 4.10. The summed E-state index contributed by atoms with van der Waals surface area (Å²) in [4.78, 5) is 18.2. The Hall–Kier alpha value is -1.64. The first-order valence-electron chi connectivity index (χ1n) is 4.10. The van der Waals surface area contributed by atoms with Crippen LogP contribution in [0.3, 0.4) is 0 Å². The van der Waals surface area contributed by atoms with Crippen molar-refractivity contribution in [3.63, 3.8) is 0 Å². The molecule has 0 amide bonds. The van der Waals surface area contributed by atoms with E-state index in [1.165, 1.54) is 0 Å². The highest BCUT2D eigenvalue weighted by molar-refractivity contribution is 5.34. The van der Waals surface area contributed by atoms with E-state index in [1.807, 2.05) is 6.92 Å². The summed E-state index contributed by atoms with van der Waals surface area (Å²) < 4.78 is 0. The van der Waals surface area contributed by atoms with Crippen LogP contribution in [0.25, 0.3) is 12.7 Å². The van der Waals surface area contributed by atoms with Gasteiger partial charge in [-0.2, -0.15) is 0 Å². The van der Waals surface area contributed by atoms with Gasteiger partial charge in [-0.3, -0.25) is 4.79 Å². The molecule has 13 heavy (non-hydrogen) atoms. The van der Waals surface area contributed by atoms with Crippen LogP contribution in [0.2, 0.25) is 0 Å². The molecule has 3 heteroatoms. The van der Waals surface area contributed by atoms with Crippen LogP contribution in [-0.4, -0.2) is 9.97 Å². The molecule has 68 valence electrons. The summed E-state index contributed by atoms with van der Waals surface area (Å²) >= 11 is 0. The van der Waals surface area contributed by atoms with Crippen molar-refractivity contribution in [2.75, 3.05) is 0 Å². The predicted octanol–water partition coefficient (Wildman–Crippen LogP) is -0.291. The molecule has 0 saturated carbocycles. The van der Waals surface area contributed by atoms with Crippen LogP contribution in [-0.2, 0) is 6.42 Å². The zero-order valence-electron chi connectivity index (χ0n) is 7.63. The van der Waals surface area contributed by atoms with Gasteiger partial charge in [-0.25, -0.2) is 4.98 Å². The second-order valence-corrected chi connectivity index (χ2v) is 2.63. The number of nitrogens with zero attached hydrogens (tertiary/aromatic N) is 1. The van der Waals surface area contributed by atoms with E-state index in [2.05, 4.69) is 23.1 Å². The molecule has 1 N–H and O–H groups in total. The Morgan fingerprint density at radius 3 is 2.77 bits per heavy atom. The van der Waals surface area contributed by atoms with Crippen LogP contribution >= 0.6 is 0 Å². The number of nitrogens with one attached hydrogen (secondary N) is 1. The number of allylic oxidation sites excluding steroid dienone is 1. The fraction of sp³-hybridized carbons (Fsp3) is 0.200. The smallest absolute Gasteiger partial charge is 0.258 e. The molecule has 1 heterocycles. The van der Waals surface area contributed by atoms with Crippen LogP contribution in [0, 0.1) is 0 Å². The lowest BCUT2D eigenvalue weighted by atomic mass is 10.3. The van der Waals surface area contributed by atoms with Crippen LogP contribution in [0.4, 0.5) is 0 Å². The van der Waals surface area contributed by atoms with E-state index in [9.17, 15) is 4.79 Å². The van der Waals surface area contributed by atoms with E-state index >= 15 is 0 Å². The molecule has 0 aromatic carbocycles. The van der Waals surface area contributed by atoms with Crippen molar-refractivity contribution in [3.05, 3.63) is 39.4 Å². The number of rotatable bonds is 2. The average Bonchev–Trinajstić information content (AvgIpc) is 2.11. The Bertz CT molecular complexity index is 436. The van der Waals surface area contributed by atoms with Gasteiger partial charge in [0.2, 0.25) is 0 Å². The number of aryl methyl sites for hydroxylation is 1. The summed E-state index contributed by atoms with van der Waals surface area (Å²) in [5.41, 5.74) is -0.156. The maximum Gasteiger partial charge on any atom is 0.258 e. The molecule has 3 nitrogen and oxygen atoms in total. The molecule has 0 radical (unpaired) electrons. The first-order chi connectivity index (χ1) is 6.19. The summed E-state index contributed by atoms with van der Waals surface area (Å²) in [7, 11) is 0. The lowest BCUT2D eigenvalue weighted by molar-refractivity contribution is 0.894. The Morgan fingerprint density at radius 2 is 2.31 bits per heavy atom. The third-order valence-electron chi connectivity index (χ3n) is 1.70. The van der Waals surface area contributed by atoms with Crippen LogP contribution in [0.1, 0.15) is 12.7 Å². The fourth-order valence-electron chi connectivity index (χ4n) is 1.04. The lowest BCUT2D eigenvalue weighted by Gasteiger charge is -1.94. The van der Waals surface area contributed by atoms with Gasteiger partial charge in [-0.15, -0.1) is 0 Å². The number of aromatic amines is 1. The SMILES string of the molecule is C=C/C=c1\c(=C)nc(CC)[nH]c1=O. The van der Waals surface area contributed by atoms with E-state index in [0.29, 0.717) is 22.8 Å². The minimum atomic E-state index is -0.156. The zero-order chi connectivity index (χ0) is 9.84. The molecule has 0 bridgehead atoms. The number of hydrogen-bond acceptors (Lipinski definition) is 2. The Labute approximate surface area is 76.2 Å². The van der Waals surface area contributed by atoms with Crippen LogP contribution in [0.5, 0.6) is 0 Å². The monoisotopic (exact) mass is 176 g/mol. The van der Waals surface area contributed by atoms with Crippen LogP contribution in [0.15, 0.2) is 17.4 Å². The summed E-state index contributed by atoms with van der Waals surface area (Å²) in [6.07, 6.45) is 3.85. The van der Waals surface area contributed by atoms with E-state index in [4.69, 9.17) is 0 Å². The topological polar surface area (TPSA) is 45.8 Å². The molecule has 0 aliphatic rings. The van der Waals surface area contributed by atoms with Gasteiger partial charge in [0.15, 0.2) is 0 Å². The van der Waals surface area contributed by atoms with Gasteiger partial charge < -0.3 is 4.98 Å². The van der Waals surface area contributed by atoms with Crippen LogP contribution < -0.4 is 16.1 Å². The van der Waals surface area contributed by atoms with E-state index in [0.717, 1.165) is 0 Å². The molecule has 0 atom stereocenters. The molecule has 1 aromatic rings. The predicted molar refractivity (Wildman–Crippen MR) is 53.7 cm³/mol. The van der Waals surface area contributed by atoms with Crippen molar-refractivity contribution < 1.29 is 0 Å². The molecule has 1 rings (SSSR count). The fourth-order valence-corrected chi connectivity index (χ4v) is 1.04. The van der Waals surface area contributed by atoms with E-state index in [-0.39, 0.29) is 5.56 Å². The van der Waals surface area contributed by atoms with Crippen molar-refractivity contribution in [2.24, 2.45) is 0 Å². The molecule has 0 fully saturated rings. The lowest BCUT2D eigenvalue weighted by Crippen LogP contribution is -2.43. The van der Waals surface area contributed by atoms with Gasteiger partial charge in [0.05, 0.1) is 10.6 Å². The largest absolute Gasteiger partial charge is 0.310 e. The van der Waals surface area contributed by atoms with Crippen molar-refractivity contribution in [3.8, 4) is 0 Å².